The van der Waals surface area contributed by atoms with Gasteiger partial charge in [0.05, 0.1) is 18.8 Å². The lowest BCUT2D eigenvalue weighted by Crippen LogP contribution is -2.68. The summed E-state index contributed by atoms with van der Waals surface area (Å²) in [5.74, 6) is -3.57. The molecule has 0 N–H and O–H groups in total. The lowest BCUT2D eigenvalue weighted by atomic mass is 9.89. The second kappa shape index (κ2) is 8.23. The highest BCUT2D eigenvalue weighted by Gasteiger charge is 2.59. The van der Waals surface area contributed by atoms with Gasteiger partial charge in [-0.1, -0.05) is 18.2 Å². The third-order valence-corrected chi connectivity index (χ3v) is 5.52. The molecule has 4 unspecified atom stereocenters. The van der Waals surface area contributed by atoms with Crippen molar-refractivity contribution < 1.29 is 38.0 Å². The first kappa shape index (κ1) is 21.4. The molecule has 0 radical (unpaired) electrons. The Morgan fingerprint density at radius 2 is 1.59 bits per heavy atom. The van der Waals surface area contributed by atoms with Crippen LogP contribution in [0.1, 0.15) is 30.6 Å². The Labute approximate surface area is 169 Å². The highest BCUT2D eigenvalue weighted by molar-refractivity contribution is 5.90. The largest absolute Gasteiger partial charge is 0.466 e. The zero-order valence-electron chi connectivity index (χ0n) is 17.2. The Bertz CT molecular complexity index is 791. The fourth-order valence-corrected chi connectivity index (χ4v) is 3.54. The molecule has 2 aliphatic rings. The summed E-state index contributed by atoms with van der Waals surface area (Å²) in [5.41, 5.74) is 0.721. The molecule has 0 aromatic heterocycles. The van der Waals surface area contributed by atoms with E-state index in [0.29, 0.717) is 11.1 Å². The van der Waals surface area contributed by atoms with Crippen LogP contribution in [0.4, 0.5) is 0 Å². The van der Waals surface area contributed by atoms with E-state index in [4.69, 9.17) is 28.4 Å². The van der Waals surface area contributed by atoms with E-state index in [1.165, 1.54) is 21.3 Å². The molecule has 1 saturated heterocycles. The summed E-state index contributed by atoms with van der Waals surface area (Å²) in [6.07, 6.45) is -0.440. The third-order valence-electron chi connectivity index (χ3n) is 5.52. The summed E-state index contributed by atoms with van der Waals surface area (Å²) < 4.78 is 34.0. The fraction of sp³-hybridized carbons (Fsp3) is 0.524. The van der Waals surface area contributed by atoms with Crippen LogP contribution in [-0.2, 0) is 33.2 Å². The molecule has 1 aliphatic carbocycles. The molecule has 0 saturated carbocycles. The van der Waals surface area contributed by atoms with Gasteiger partial charge in [-0.3, -0.25) is 0 Å². The summed E-state index contributed by atoms with van der Waals surface area (Å²) in [7, 11) is 4.25. The van der Waals surface area contributed by atoms with E-state index in [-0.39, 0.29) is 6.42 Å². The van der Waals surface area contributed by atoms with E-state index in [1.807, 2.05) is 0 Å². The number of ether oxygens (including phenoxy) is 6. The normalized spacial score (nSPS) is 34.0. The predicted octanol–water partition coefficient (Wildman–Crippen LogP) is 2.22. The van der Waals surface area contributed by atoms with Crippen LogP contribution in [0, 0.1) is 0 Å². The molecule has 0 bridgehead atoms. The maximum Gasteiger partial charge on any atom is 0.338 e. The molecule has 1 fully saturated rings. The van der Waals surface area contributed by atoms with Crippen molar-refractivity contribution in [3.05, 3.63) is 47.5 Å². The molecule has 5 atom stereocenters. The molecule has 0 spiro atoms. The first-order valence-electron chi connectivity index (χ1n) is 9.28. The smallest absolute Gasteiger partial charge is 0.338 e. The van der Waals surface area contributed by atoms with Gasteiger partial charge >= 0.3 is 11.9 Å². The molecule has 8 nitrogen and oxygen atoms in total. The van der Waals surface area contributed by atoms with E-state index in [2.05, 4.69) is 0 Å². The minimum absolute atomic E-state index is 0.218. The van der Waals surface area contributed by atoms with Crippen molar-refractivity contribution in [2.24, 2.45) is 0 Å². The van der Waals surface area contributed by atoms with Gasteiger partial charge in [0.25, 0.3) is 0 Å². The standard InChI is InChI=1S/C21H26O8/c1-20(25-4)21(2,26-5)29-17-15(27-19(23)13-9-7-6-8-10-13)11-14(18(22)24-3)12-16(17)28-20/h6-11,15-17H,12H2,1-5H3/t15?,16?,17-,20?,21?/m1/s1. The van der Waals surface area contributed by atoms with E-state index < -0.39 is 41.8 Å². The van der Waals surface area contributed by atoms with E-state index in [9.17, 15) is 9.59 Å². The molecule has 0 amide bonds. The number of carbonyl (C=O) groups excluding carboxylic acids is 2. The third kappa shape index (κ3) is 3.93. The fourth-order valence-electron chi connectivity index (χ4n) is 3.54. The molecule has 3 rings (SSSR count). The van der Waals surface area contributed by atoms with E-state index >= 15 is 0 Å². The summed E-state index contributed by atoms with van der Waals surface area (Å²) in [6.45, 7) is 3.37. The van der Waals surface area contributed by atoms with Gasteiger partial charge < -0.3 is 28.4 Å². The molecular weight excluding hydrogens is 380 g/mol. The van der Waals surface area contributed by atoms with E-state index in [1.54, 1.807) is 50.3 Å². The Kier molecular flexibility index (Phi) is 6.09. The van der Waals surface area contributed by atoms with Gasteiger partial charge in [-0.15, -0.1) is 0 Å². The quantitative estimate of drug-likeness (QED) is 0.688. The summed E-state index contributed by atoms with van der Waals surface area (Å²) in [4.78, 5) is 24.8. The zero-order valence-corrected chi connectivity index (χ0v) is 17.2. The minimum atomic E-state index is -1.27. The number of fused-ring (bicyclic) bond motifs is 1. The van der Waals surface area contributed by atoms with Gasteiger partial charge in [-0.05, 0) is 32.1 Å². The average molecular weight is 406 g/mol. The van der Waals surface area contributed by atoms with Crippen LogP contribution >= 0.6 is 0 Å². The SMILES string of the molecule is COC(=O)C1=CC(OC(=O)c2ccccc2)[C@H]2OC(C)(OC)C(C)(OC)OC2C1. The highest BCUT2D eigenvalue weighted by atomic mass is 16.8. The van der Waals surface area contributed by atoms with Crippen LogP contribution in [-0.4, -0.2) is 63.2 Å². The molecule has 1 heterocycles. The van der Waals surface area contributed by atoms with Gasteiger partial charge in [0.15, 0.2) is 0 Å². The highest BCUT2D eigenvalue weighted by Crippen LogP contribution is 2.43. The predicted molar refractivity (Wildman–Crippen MR) is 101 cm³/mol. The van der Waals surface area contributed by atoms with Gasteiger partial charge in [0, 0.05) is 26.2 Å². The number of rotatable bonds is 5. The Hall–Kier alpha value is -2.26. The minimum Gasteiger partial charge on any atom is -0.466 e. The summed E-state index contributed by atoms with van der Waals surface area (Å²) in [6, 6.07) is 8.57. The van der Waals surface area contributed by atoms with Crippen LogP contribution in [0.5, 0.6) is 0 Å². The van der Waals surface area contributed by atoms with Crippen LogP contribution in [0.3, 0.4) is 0 Å². The van der Waals surface area contributed by atoms with E-state index in [0.717, 1.165) is 0 Å². The zero-order chi connectivity index (χ0) is 21.2. The Morgan fingerprint density at radius 1 is 0.966 bits per heavy atom. The summed E-state index contributed by atoms with van der Waals surface area (Å²) >= 11 is 0. The maximum atomic E-state index is 12.6. The summed E-state index contributed by atoms with van der Waals surface area (Å²) in [5, 5.41) is 0. The van der Waals surface area contributed by atoms with Crippen molar-refractivity contribution >= 4 is 11.9 Å². The van der Waals surface area contributed by atoms with Crippen molar-refractivity contribution in [1.82, 2.24) is 0 Å². The number of carbonyl (C=O) groups is 2. The number of hydrogen-bond acceptors (Lipinski definition) is 8. The van der Waals surface area contributed by atoms with Crippen LogP contribution in [0.25, 0.3) is 0 Å². The molecule has 1 aliphatic heterocycles. The lowest BCUT2D eigenvalue weighted by molar-refractivity contribution is -0.452. The van der Waals surface area contributed by atoms with Gasteiger partial charge in [-0.25, -0.2) is 9.59 Å². The maximum absolute atomic E-state index is 12.6. The molecule has 8 heteroatoms. The second-order valence-electron chi connectivity index (χ2n) is 7.16. The Morgan fingerprint density at radius 3 is 2.17 bits per heavy atom. The number of benzene rings is 1. The molecule has 158 valence electrons. The van der Waals surface area contributed by atoms with Crippen LogP contribution in [0.2, 0.25) is 0 Å². The van der Waals surface area contributed by atoms with Gasteiger partial charge in [0.2, 0.25) is 11.6 Å². The monoisotopic (exact) mass is 406 g/mol. The van der Waals surface area contributed by atoms with Gasteiger partial charge in [0.1, 0.15) is 12.2 Å². The Balaban J connectivity index is 1.94. The van der Waals surface area contributed by atoms with Crippen molar-refractivity contribution in [3.8, 4) is 0 Å². The molecule has 29 heavy (non-hydrogen) atoms. The van der Waals surface area contributed by atoms with Crippen molar-refractivity contribution in [2.45, 2.75) is 50.2 Å². The average Bonchev–Trinajstić information content (AvgIpc) is 2.74. The topological polar surface area (TPSA) is 89.5 Å². The number of methoxy groups -OCH3 is 3. The molecule has 1 aromatic rings. The second-order valence-corrected chi connectivity index (χ2v) is 7.16. The number of esters is 2. The molecule has 1 aromatic carbocycles. The lowest BCUT2D eigenvalue weighted by Gasteiger charge is -2.53. The first-order valence-corrected chi connectivity index (χ1v) is 9.28. The van der Waals surface area contributed by atoms with Crippen molar-refractivity contribution in [2.75, 3.05) is 21.3 Å². The van der Waals surface area contributed by atoms with Crippen LogP contribution in [0.15, 0.2) is 42.0 Å². The van der Waals surface area contributed by atoms with Crippen molar-refractivity contribution in [3.63, 3.8) is 0 Å². The molecular formula is C21H26O8. The van der Waals surface area contributed by atoms with Crippen LogP contribution < -0.4 is 0 Å². The first-order chi connectivity index (χ1) is 13.8. The number of hydrogen-bond donors (Lipinski definition) is 0. The van der Waals surface area contributed by atoms with Gasteiger partial charge in [-0.2, -0.15) is 0 Å². The van der Waals surface area contributed by atoms with Crippen molar-refractivity contribution in [1.29, 1.82) is 0 Å².